The van der Waals surface area contributed by atoms with Crippen molar-refractivity contribution >= 4 is 40.4 Å². The van der Waals surface area contributed by atoms with Crippen molar-refractivity contribution in [3.05, 3.63) is 74.4 Å². The van der Waals surface area contributed by atoms with Crippen LogP contribution in [0.5, 0.6) is 0 Å². The standard InChI is InChI=1S/C20H21Cl2N3OS/c1-14(2)11-25(20(26)18-4-3-9-27-18)13-19-23-7-8-24(19)12-15-5-6-16(21)17(22)10-15/h3-10,14H,11-13H2,1-2H3. The molecule has 7 heteroatoms. The summed E-state index contributed by atoms with van der Waals surface area (Å²) >= 11 is 13.6. The molecule has 0 saturated carbocycles. The summed E-state index contributed by atoms with van der Waals surface area (Å²) in [5.74, 6) is 1.25. The Balaban J connectivity index is 1.79. The summed E-state index contributed by atoms with van der Waals surface area (Å²) in [6.45, 7) is 5.97. The Morgan fingerprint density at radius 3 is 2.74 bits per heavy atom. The van der Waals surface area contributed by atoms with E-state index in [4.69, 9.17) is 23.2 Å². The molecule has 0 spiro atoms. The third kappa shape index (κ3) is 5.12. The van der Waals surface area contributed by atoms with Crippen molar-refractivity contribution in [3.63, 3.8) is 0 Å². The molecule has 3 rings (SSSR count). The normalized spacial score (nSPS) is 11.1. The number of thiophene rings is 1. The molecule has 0 saturated heterocycles. The summed E-state index contributed by atoms with van der Waals surface area (Å²) in [5, 5.41) is 2.99. The van der Waals surface area contributed by atoms with Crippen molar-refractivity contribution in [1.29, 1.82) is 0 Å². The molecule has 4 nitrogen and oxygen atoms in total. The summed E-state index contributed by atoms with van der Waals surface area (Å²) in [5.41, 5.74) is 1.03. The number of halogens is 2. The molecule has 1 amide bonds. The van der Waals surface area contributed by atoms with E-state index < -0.39 is 0 Å². The van der Waals surface area contributed by atoms with Crippen molar-refractivity contribution in [1.82, 2.24) is 14.5 Å². The Morgan fingerprint density at radius 1 is 1.26 bits per heavy atom. The third-order valence-electron chi connectivity index (χ3n) is 4.08. The highest BCUT2D eigenvalue weighted by Crippen LogP contribution is 2.23. The second-order valence-electron chi connectivity index (χ2n) is 6.78. The number of benzene rings is 1. The van der Waals surface area contributed by atoms with E-state index in [0.29, 0.717) is 35.6 Å². The van der Waals surface area contributed by atoms with Crippen LogP contribution in [0.4, 0.5) is 0 Å². The average molecular weight is 422 g/mol. The van der Waals surface area contributed by atoms with E-state index in [-0.39, 0.29) is 5.91 Å². The van der Waals surface area contributed by atoms with Gasteiger partial charge in [-0.25, -0.2) is 4.98 Å². The van der Waals surface area contributed by atoms with Crippen LogP contribution >= 0.6 is 34.5 Å². The highest BCUT2D eigenvalue weighted by Gasteiger charge is 2.20. The van der Waals surface area contributed by atoms with E-state index in [0.717, 1.165) is 16.3 Å². The Kier molecular flexibility index (Phi) is 6.58. The predicted molar refractivity (Wildman–Crippen MR) is 112 cm³/mol. The minimum absolute atomic E-state index is 0.0442. The molecule has 0 aliphatic rings. The van der Waals surface area contributed by atoms with Crippen LogP contribution in [0.25, 0.3) is 0 Å². The number of carbonyl (C=O) groups is 1. The molecule has 1 aromatic carbocycles. The fraction of sp³-hybridized carbons (Fsp3) is 0.300. The SMILES string of the molecule is CC(C)CN(Cc1nccn1Cc1ccc(Cl)c(Cl)c1)C(=O)c1cccs1. The average Bonchev–Trinajstić information content (AvgIpc) is 3.29. The lowest BCUT2D eigenvalue weighted by molar-refractivity contribution is 0.0721. The molecule has 0 aliphatic heterocycles. The molecular weight excluding hydrogens is 401 g/mol. The van der Waals surface area contributed by atoms with E-state index in [2.05, 4.69) is 18.8 Å². The Bertz CT molecular complexity index is 906. The van der Waals surface area contributed by atoms with Crippen LogP contribution < -0.4 is 0 Å². The number of amides is 1. The Labute approximate surface area is 173 Å². The largest absolute Gasteiger partial charge is 0.330 e. The van der Waals surface area contributed by atoms with E-state index in [1.165, 1.54) is 11.3 Å². The van der Waals surface area contributed by atoms with Crippen molar-refractivity contribution in [2.24, 2.45) is 5.92 Å². The van der Waals surface area contributed by atoms with Crippen LogP contribution in [-0.4, -0.2) is 26.9 Å². The van der Waals surface area contributed by atoms with Crippen LogP contribution in [0, 0.1) is 5.92 Å². The highest BCUT2D eigenvalue weighted by molar-refractivity contribution is 7.12. The number of hydrogen-bond donors (Lipinski definition) is 0. The van der Waals surface area contributed by atoms with Crippen LogP contribution in [0.1, 0.15) is 34.9 Å². The highest BCUT2D eigenvalue weighted by atomic mass is 35.5. The van der Waals surface area contributed by atoms with Gasteiger partial charge in [-0.2, -0.15) is 0 Å². The molecule has 0 aliphatic carbocycles. The zero-order valence-corrected chi connectivity index (χ0v) is 17.6. The van der Waals surface area contributed by atoms with Gasteiger partial charge in [0.15, 0.2) is 0 Å². The van der Waals surface area contributed by atoms with E-state index in [1.807, 2.05) is 45.3 Å². The van der Waals surface area contributed by atoms with Gasteiger partial charge in [0, 0.05) is 25.5 Å². The molecule has 142 valence electrons. The Hall–Kier alpha value is -1.82. The molecule has 2 aromatic heterocycles. The van der Waals surface area contributed by atoms with Crippen LogP contribution in [0.3, 0.4) is 0 Å². The van der Waals surface area contributed by atoms with E-state index in [9.17, 15) is 4.79 Å². The molecular formula is C20H21Cl2N3OS. The molecule has 0 radical (unpaired) electrons. The van der Waals surface area contributed by atoms with Gasteiger partial charge in [-0.3, -0.25) is 4.79 Å². The maximum absolute atomic E-state index is 12.9. The van der Waals surface area contributed by atoms with Crippen molar-refractivity contribution in [2.45, 2.75) is 26.9 Å². The van der Waals surface area contributed by atoms with Gasteiger partial charge in [0.1, 0.15) is 5.82 Å². The summed E-state index contributed by atoms with van der Waals surface area (Å²) in [7, 11) is 0. The van der Waals surface area contributed by atoms with Gasteiger partial charge >= 0.3 is 0 Å². The van der Waals surface area contributed by atoms with Gasteiger partial charge in [-0.15, -0.1) is 11.3 Å². The van der Waals surface area contributed by atoms with Crippen molar-refractivity contribution in [3.8, 4) is 0 Å². The topological polar surface area (TPSA) is 38.1 Å². The van der Waals surface area contributed by atoms with Crippen molar-refractivity contribution in [2.75, 3.05) is 6.54 Å². The maximum atomic E-state index is 12.9. The fourth-order valence-electron chi connectivity index (χ4n) is 2.86. The van der Waals surface area contributed by atoms with Gasteiger partial charge in [0.05, 0.1) is 21.5 Å². The monoisotopic (exact) mass is 421 g/mol. The minimum atomic E-state index is 0.0442. The lowest BCUT2D eigenvalue weighted by Crippen LogP contribution is -2.34. The zero-order chi connectivity index (χ0) is 19.4. The predicted octanol–water partition coefficient (Wildman–Crippen LogP) is 5.60. The zero-order valence-electron chi connectivity index (χ0n) is 15.2. The van der Waals surface area contributed by atoms with Crippen LogP contribution in [0.15, 0.2) is 48.1 Å². The Morgan fingerprint density at radius 2 is 2.07 bits per heavy atom. The number of rotatable bonds is 7. The second-order valence-corrected chi connectivity index (χ2v) is 8.54. The van der Waals surface area contributed by atoms with Crippen LogP contribution in [0.2, 0.25) is 10.0 Å². The first-order valence-electron chi connectivity index (χ1n) is 8.70. The summed E-state index contributed by atoms with van der Waals surface area (Å²) in [6, 6.07) is 9.36. The fourth-order valence-corrected chi connectivity index (χ4v) is 3.87. The van der Waals surface area contributed by atoms with Gasteiger partial charge in [-0.1, -0.05) is 49.2 Å². The minimum Gasteiger partial charge on any atom is -0.330 e. The number of carbonyl (C=O) groups excluding carboxylic acids is 1. The lowest BCUT2D eigenvalue weighted by Gasteiger charge is -2.24. The van der Waals surface area contributed by atoms with Gasteiger partial charge in [-0.05, 0) is 35.1 Å². The summed E-state index contributed by atoms with van der Waals surface area (Å²) < 4.78 is 2.04. The number of nitrogens with zero attached hydrogens (tertiary/aromatic N) is 3. The number of hydrogen-bond acceptors (Lipinski definition) is 3. The molecule has 3 aromatic rings. The third-order valence-corrected chi connectivity index (χ3v) is 5.67. The molecule has 0 atom stereocenters. The van der Waals surface area contributed by atoms with Gasteiger partial charge in [0.25, 0.3) is 5.91 Å². The molecule has 27 heavy (non-hydrogen) atoms. The first-order valence-corrected chi connectivity index (χ1v) is 10.3. The second kappa shape index (κ2) is 8.91. The quantitative estimate of drug-likeness (QED) is 0.497. The first kappa shape index (κ1) is 19.9. The molecule has 0 fully saturated rings. The first-order chi connectivity index (χ1) is 12.9. The summed E-state index contributed by atoms with van der Waals surface area (Å²) in [4.78, 5) is 20.0. The molecule has 2 heterocycles. The van der Waals surface area contributed by atoms with Gasteiger partial charge in [0.2, 0.25) is 0 Å². The van der Waals surface area contributed by atoms with E-state index in [1.54, 1.807) is 12.3 Å². The van der Waals surface area contributed by atoms with Crippen molar-refractivity contribution < 1.29 is 4.79 Å². The van der Waals surface area contributed by atoms with Gasteiger partial charge < -0.3 is 9.47 Å². The molecule has 0 N–H and O–H groups in total. The molecule has 0 unspecified atom stereocenters. The number of imidazole rings is 1. The van der Waals surface area contributed by atoms with E-state index >= 15 is 0 Å². The summed E-state index contributed by atoms with van der Waals surface area (Å²) in [6.07, 6.45) is 3.68. The smallest absolute Gasteiger partial charge is 0.264 e. The number of aromatic nitrogens is 2. The lowest BCUT2D eigenvalue weighted by atomic mass is 10.2. The molecule has 0 bridgehead atoms. The maximum Gasteiger partial charge on any atom is 0.264 e. The van der Waals surface area contributed by atoms with Crippen LogP contribution in [-0.2, 0) is 13.1 Å².